The van der Waals surface area contributed by atoms with Crippen molar-refractivity contribution in [3.05, 3.63) is 57.2 Å². The lowest BCUT2D eigenvalue weighted by Gasteiger charge is -2.09. The number of thiazole rings is 1. The zero-order valence-electron chi connectivity index (χ0n) is 12.0. The normalized spacial score (nSPS) is 10.6. The number of aromatic amines is 1. The van der Waals surface area contributed by atoms with Crippen LogP contribution in [-0.4, -0.2) is 25.0 Å². The maximum absolute atomic E-state index is 12.7. The minimum Gasteiger partial charge on any atom is -0.497 e. The zero-order valence-corrected chi connectivity index (χ0v) is 12.8. The van der Waals surface area contributed by atoms with Gasteiger partial charge in [-0.2, -0.15) is 0 Å². The smallest absolute Gasteiger partial charge is 0.305 e. The quantitative estimate of drug-likeness (QED) is 0.752. The average Bonchev–Trinajstić information content (AvgIpc) is 2.92. The van der Waals surface area contributed by atoms with E-state index in [0.717, 1.165) is 16.0 Å². The molecule has 2 aromatic carbocycles. The van der Waals surface area contributed by atoms with Gasteiger partial charge in [0.2, 0.25) is 0 Å². The van der Waals surface area contributed by atoms with Gasteiger partial charge in [-0.25, -0.2) is 0 Å². The van der Waals surface area contributed by atoms with Crippen LogP contribution in [0.4, 0.5) is 0 Å². The van der Waals surface area contributed by atoms with Crippen molar-refractivity contribution in [2.24, 2.45) is 0 Å². The Balaban J connectivity index is 2.10. The highest BCUT2D eigenvalue weighted by Gasteiger charge is 2.16. The Morgan fingerprint density at radius 1 is 1.09 bits per heavy atom. The van der Waals surface area contributed by atoms with Crippen LogP contribution in [0.2, 0.25) is 0 Å². The van der Waals surface area contributed by atoms with E-state index >= 15 is 0 Å². The van der Waals surface area contributed by atoms with Crippen molar-refractivity contribution in [2.75, 3.05) is 14.2 Å². The molecule has 5 nitrogen and oxygen atoms in total. The number of carbonyl (C=O) groups excluding carboxylic acids is 1. The molecule has 1 heterocycles. The van der Waals surface area contributed by atoms with Gasteiger partial charge in [0, 0.05) is 5.56 Å². The first-order valence-electron chi connectivity index (χ1n) is 6.52. The molecular weight excluding hydrogens is 302 g/mol. The van der Waals surface area contributed by atoms with E-state index in [0.29, 0.717) is 28.1 Å². The number of ketones is 1. The number of hydrogen-bond acceptors (Lipinski definition) is 5. The third kappa shape index (κ3) is 2.48. The summed E-state index contributed by atoms with van der Waals surface area (Å²) in [4.78, 5) is 26.7. The van der Waals surface area contributed by atoms with Crippen molar-refractivity contribution in [1.29, 1.82) is 0 Å². The highest BCUT2D eigenvalue weighted by atomic mass is 32.1. The minimum atomic E-state index is -0.190. The number of rotatable bonds is 4. The lowest BCUT2D eigenvalue weighted by Crippen LogP contribution is -2.04. The molecule has 0 unspecified atom stereocenters. The molecule has 0 saturated carbocycles. The van der Waals surface area contributed by atoms with Gasteiger partial charge < -0.3 is 14.5 Å². The van der Waals surface area contributed by atoms with E-state index in [2.05, 4.69) is 4.98 Å². The monoisotopic (exact) mass is 315 g/mol. The van der Waals surface area contributed by atoms with Gasteiger partial charge in [0.15, 0.2) is 5.78 Å². The van der Waals surface area contributed by atoms with Gasteiger partial charge in [-0.1, -0.05) is 11.3 Å². The van der Waals surface area contributed by atoms with E-state index < -0.39 is 0 Å². The molecule has 0 bridgehead atoms. The molecule has 0 radical (unpaired) electrons. The molecule has 112 valence electrons. The van der Waals surface area contributed by atoms with Crippen LogP contribution < -0.4 is 14.3 Å². The van der Waals surface area contributed by atoms with Crippen LogP contribution in [0, 0.1) is 0 Å². The van der Waals surface area contributed by atoms with Crippen molar-refractivity contribution in [3.8, 4) is 11.5 Å². The summed E-state index contributed by atoms with van der Waals surface area (Å²) >= 11 is 1.11. The van der Waals surface area contributed by atoms with Crippen LogP contribution in [0.15, 0.2) is 41.2 Å². The van der Waals surface area contributed by atoms with Gasteiger partial charge in [0.25, 0.3) is 0 Å². The third-order valence-electron chi connectivity index (χ3n) is 3.33. The molecule has 0 aliphatic heterocycles. The summed E-state index contributed by atoms with van der Waals surface area (Å²) in [7, 11) is 3.05. The number of nitrogens with one attached hydrogen (secondary N) is 1. The summed E-state index contributed by atoms with van der Waals surface area (Å²) in [5.41, 5.74) is 1.55. The Hall–Kier alpha value is -2.60. The number of H-pyrrole nitrogens is 1. The van der Waals surface area contributed by atoms with Crippen molar-refractivity contribution >= 4 is 27.3 Å². The Morgan fingerprint density at radius 3 is 2.64 bits per heavy atom. The molecule has 1 N–H and O–H groups in total. The summed E-state index contributed by atoms with van der Waals surface area (Å²) in [6.07, 6.45) is 0. The molecule has 0 amide bonds. The molecule has 0 saturated heterocycles. The number of hydrogen-bond donors (Lipinski definition) is 1. The standard InChI is InChI=1S/C16H13NO4S/c1-20-10-4-5-13(21-2)11(8-10)15(18)9-3-6-14-12(7-9)17-16(19)22-14/h3-8H,1-2H3,(H,17,19). The van der Waals surface area contributed by atoms with Crippen molar-refractivity contribution < 1.29 is 14.3 Å². The van der Waals surface area contributed by atoms with E-state index in [9.17, 15) is 9.59 Å². The molecule has 22 heavy (non-hydrogen) atoms. The van der Waals surface area contributed by atoms with Crippen molar-refractivity contribution in [1.82, 2.24) is 4.98 Å². The van der Waals surface area contributed by atoms with Gasteiger partial charge in [0.1, 0.15) is 11.5 Å². The second-order valence-corrected chi connectivity index (χ2v) is 5.64. The summed E-state index contributed by atoms with van der Waals surface area (Å²) in [6.45, 7) is 0. The maximum Gasteiger partial charge on any atom is 0.305 e. The lowest BCUT2D eigenvalue weighted by atomic mass is 10.0. The number of ether oxygens (including phenoxy) is 2. The Bertz CT molecular complexity index is 910. The van der Waals surface area contributed by atoms with E-state index in [1.807, 2.05) is 0 Å². The first-order valence-corrected chi connectivity index (χ1v) is 7.33. The summed E-state index contributed by atoms with van der Waals surface area (Å²) in [6, 6.07) is 10.2. The summed E-state index contributed by atoms with van der Waals surface area (Å²) in [5.74, 6) is 0.864. The van der Waals surface area contributed by atoms with Crippen LogP contribution in [0.1, 0.15) is 15.9 Å². The summed E-state index contributed by atoms with van der Waals surface area (Å²) in [5, 5.41) is 0. The Labute approximate surface area is 130 Å². The van der Waals surface area contributed by atoms with Crippen LogP contribution in [-0.2, 0) is 0 Å². The predicted octanol–water partition coefficient (Wildman–Crippen LogP) is 2.84. The molecule has 1 aromatic heterocycles. The van der Waals surface area contributed by atoms with E-state index in [1.165, 1.54) is 14.2 Å². The molecule has 3 aromatic rings. The fourth-order valence-electron chi connectivity index (χ4n) is 2.24. The minimum absolute atomic E-state index is 0.140. The number of aromatic nitrogens is 1. The predicted molar refractivity (Wildman–Crippen MR) is 85.4 cm³/mol. The van der Waals surface area contributed by atoms with Crippen LogP contribution >= 0.6 is 11.3 Å². The SMILES string of the molecule is COc1ccc(OC)c(C(=O)c2ccc3sc(=O)[nH]c3c2)c1. The maximum atomic E-state index is 12.7. The average molecular weight is 315 g/mol. The fraction of sp³-hybridized carbons (Fsp3) is 0.125. The van der Waals surface area contributed by atoms with E-state index in [4.69, 9.17) is 9.47 Å². The molecule has 6 heteroatoms. The first kappa shape index (κ1) is 14.3. The van der Waals surface area contributed by atoms with Gasteiger partial charge in [-0.15, -0.1) is 0 Å². The van der Waals surface area contributed by atoms with Crippen LogP contribution in [0.25, 0.3) is 10.2 Å². The largest absolute Gasteiger partial charge is 0.497 e. The Kier molecular flexibility index (Phi) is 3.68. The second kappa shape index (κ2) is 5.65. The van der Waals surface area contributed by atoms with E-state index in [1.54, 1.807) is 36.4 Å². The molecule has 0 spiro atoms. The number of benzene rings is 2. The van der Waals surface area contributed by atoms with Gasteiger partial charge in [-0.05, 0) is 36.4 Å². The molecule has 0 aliphatic rings. The molecule has 0 atom stereocenters. The van der Waals surface area contributed by atoms with Crippen LogP contribution in [0.5, 0.6) is 11.5 Å². The topological polar surface area (TPSA) is 68.4 Å². The zero-order chi connectivity index (χ0) is 15.7. The molecule has 0 aliphatic carbocycles. The Morgan fingerprint density at radius 2 is 1.91 bits per heavy atom. The first-order chi connectivity index (χ1) is 10.6. The molecule has 0 fully saturated rings. The molecule has 3 rings (SSSR count). The number of carbonyl (C=O) groups is 1. The summed E-state index contributed by atoms with van der Waals surface area (Å²) < 4.78 is 11.2. The van der Waals surface area contributed by atoms with Crippen molar-refractivity contribution in [2.45, 2.75) is 0 Å². The third-order valence-corrected chi connectivity index (χ3v) is 4.20. The fourth-order valence-corrected chi connectivity index (χ4v) is 2.96. The lowest BCUT2D eigenvalue weighted by molar-refractivity contribution is 0.103. The van der Waals surface area contributed by atoms with Gasteiger partial charge in [0.05, 0.1) is 30.0 Å². The number of fused-ring (bicyclic) bond motifs is 1. The van der Waals surface area contributed by atoms with Gasteiger partial charge in [-0.3, -0.25) is 9.59 Å². The second-order valence-electron chi connectivity index (χ2n) is 4.62. The molecular formula is C16H13NO4S. The van der Waals surface area contributed by atoms with E-state index in [-0.39, 0.29) is 10.7 Å². The van der Waals surface area contributed by atoms with Crippen molar-refractivity contribution in [3.63, 3.8) is 0 Å². The van der Waals surface area contributed by atoms with Gasteiger partial charge >= 0.3 is 4.87 Å². The number of methoxy groups -OCH3 is 2. The van der Waals surface area contributed by atoms with Crippen LogP contribution in [0.3, 0.4) is 0 Å². The highest BCUT2D eigenvalue weighted by Crippen LogP contribution is 2.27. The highest BCUT2D eigenvalue weighted by molar-refractivity contribution is 7.16.